The van der Waals surface area contributed by atoms with Gasteiger partial charge in [0.25, 0.3) is 17.9 Å². The van der Waals surface area contributed by atoms with Crippen LogP contribution in [0, 0.1) is 0 Å². The Hall–Kier alpha value is -1.41. The van der Waals surface area contributed by atoms with E-state index in [1.165, 1.54) is 0 Å². The van der Waals surface area contributed by atoms with E-state index >= 15 is 0 Å². The Kier molecular flexibility index (Phi) is 5.83. The van der Waals surface area contributed by atoms with Gasteiger partial charge in [-0.1, -0.05) is 0 Å². The molecule has 7 nitrogen and oxygen atoms in total. The van der Waals surface area contributed by atoms with E-state index in [2.05, 4.69) is 0 Å². The number of hydrogen-bond acceptors (Lipinski definition) is 7. The average molecular weight is 263 g/mol. The third-order valence-corrected chi connectivity index (χ3v) is 4.22. The van der Waals surface area contributed by atoms with Crippen molar-refractivity contribution in [2.45, 2.75) is 20.8 Å². The molecule has 0 radical (unpaired) electrons. The van der Waals surface area contributed by atoms with Gasteiger partial charge in [-0.15, -0.1) is 0 Å². The maximum absolute atomic E-state index is 11.0. The molecular formula is C9H17NO6Si. The first-order chi connectivity index (χ1) is 7.67. The molecule has 0 fully saturated rings. The molecule has 17 heavy (non-hydrogen) atoms. The third-order valence-electron chi connectivity index (χ3n) is 1.41. The van der Waals surface area contributed by atoms with Gasteiger partial charge in [0.15, 0.2) is 0 Å². The van der Waals surface area contributed by atoms with Crippen LogP contribution in [0.2, 0.25) is 0 Å². The van der Waals surface area contributed by atoms with E-state index in [1.807, 2.05) is 0 Å². The van der Waals surface area contributed by atoms with Crippen molar-refractivity contribution in [3.63, 3.8) is 0 Å². The van der Waals surface area contributed by atoms with Gasteiger partial charge in [0.1, 0.15) is 6.17 Å². The van der Waals surface area contributed by atoms with Crippen LogP contribution in [-0.4, -0.2) is 51.9 Å². The minimum absolute atomic E-state index is 0.0474. The van der Waals surface area contributed by atoms with Gasteiger partial charge >= 0.3 is 8.80 Å². The Morgan fingerprint density at radius 3 is 1.35 bits per heavy atom. The third kappa shape index (κ3) is 6.69. The van der Waals surface area contributed by atoms with Crippen LogP contribution in [0.1, 0.15) is 20.8 Å². The van der Waals surface area contributed by atoms with Crippen molar-refractivity contribution in [1.29, 1.82) is 0 Å². The lowest BCUT2D eigenvalue weighted by molar-refractivity contribution is -0.148. The van der Waals surface area contributed by atoms with Gasteiger partial charge in [-0.25, -0.2) is 0 Å². The van der Waals surface area contributed by atoms with Crippen LogP contribution in [0.4, 0.5) is 0 Å². The highest BCUT2D eigenvalue weighted by Gasteiger charge is 2.52. The number of nitrogens with zero attached hydrogens (tertiary/aromatic N) is 1. The molecule has 0 saturated carbocycles. The fourth-order valence-electron chi connectivity index (χ4n) is 1.20. The lowest BCUT2D eigenvalue weighted by Crippen LogP contribution is -2.56. The minimum Gasteiger partial charge on any atom is -0.455 e. The smallest absolute Gasteiger partial charge is 0.455 e. The van der Waals surface area contributed by atoms with Crippen LogP contribution >= 0.6 is 0 Å². The van der Waals surface area contributed by atoms with Gasteiger partial charge < -0.3 is 18.2 Å². The van der Waals surface area contributed by atoms with Crippen LogP contribution in [0.5, 0.6) is 0 Å². The zero-order valence-electron chi connectivity index (χ0n) is 10.6. The van der Waals surface area contributed by atoms with E-state index in [1.54, 1.807) is 19.0 Å². The van der Waals surface area contributed by atoms with Gasteiger partial charge in [0, 0.05) is 20.8 Å². The van der Waals surface area contributed by atoms with Crippen molar-refractivity contribution in [3.05, 3.63) is 0 Å². The molecule has 0 saturated heterocycles. The summed E-state index contributed by atoms with van der Waals surface area (Å²) in [7, 11) is -0.313. The number of hydrogen-bond donors (Lipinski definition) is 0. The highest BCUT2D eigenvalue weighted by molar-refractivity contribution is 6.65. The zero-order valence-corrected chi connectivity index (χ0v) is 11.6. The lowest BCUT2D eigenvalue weighted by Gasteiger charge is -2.28. The van der Waals surface area contributed by atoms with E-state index in [0.717, 1.165) is 20.8 Å². The van der Waals surface area contributed by atoms with E-state index in [9.17, 15) is 14.4 Å². The normalized spacial score (nSPS) is 10.9. The molecule has 8 heteroatoms. The molecule has 0 atom stereocenters. The Labute approximate surface area is 101 Å². The number of carbonyl (C=O) groups excluding carboxylic acids is 3. The van der Waals surface area contributed by atoms with Crippen molar-refractivity contribution < 1.29 is 27.7 Å². The van der Waals surface area contributed by atoms with Crippen LogP contribution in [-0.2, 0) is 27.7 Å². The first kappa shape index (κ1) is 15.6. The second-order valence-electron chi connectivity index (χ2n) is 3.70. The van der Waals surface area contributed by atoms with Crippen LogP contribution in [0.3, 0.4) is 0 Å². The number of carbonyl (C=O) groups is 3. The fraction of sp³-hybridized carbons (Fsp3) is 0.667. The standard InChI is InChI=1S/C9H17NO6Si/c1-7(11)14-17(6-10(4)5,15-8(2)12)16-9(3)13/h6H2,1-5H3. The van der Waals surface area contributed by atoms with Crippen LogP contribution in [0.15, 0.2) is 0 Å². The summed E-state index contributed by atoms with van der Waals surface area (Å²) in [4.78, 5) is 34.7. The average Bonchev–Trinajstić information content (AvgIpc) is 1.95. The van der Waals surface area contributed by atoms with Crippen LogP contribution in [0.25, 0.3) is 0 Å². The topological polar surface area (TPSA) is 82.1 Å². The van der Waals surface area contributed by atoms with Gasteiger partial charge in [-0.3, -0.25) is 14.4 Å². The lowest BCUT2D eigenvalue weighted by atomic mass is 10.9. The van der Waals surface area contributed by atoms with Gasteiger partial charge in [-0.05, 0) is 14.1 Å². The summed E-state index contributed by atoms with van der Waals surface area (Å²) >= 11 is 0. The Bertz CT molecular complexity index is 276. The van der Waals surface area contributed by atoms with E-state index in [4.69, 9.17) is 13.3 Å². The van der Waals surface area contributed by atoms with Gasteiger partial charge in [0.2, 0.25) is 0 Å². The fourth-order valence-corrected chi connectivity index (χ4v) is 3.61. The molecule has 0 aliphatic rings. The summed E-state index contributed by atoms with van der Waals surface area (Å²) in [5, 5.41) is 0. The van der Waals surface area contributed by atoms with Gasteiger partial charge in [0.05, 0.1) is 0 Å². The molecule has 0 aromatic carbocycles. The summed E-state index contributed by atoms with van der Waals surface area (Å²) < 4.78 is 14.8. The SMILES string of the molecule is CC(=O)O[Si](CN(C)C)(OC(C)=O)OC(C)=O. The van der Waals surface area contributed by atoms with Crippen molar-refractivity contribution in [2.75, 3.05) is 20.3 Å². The molecule has 0 rings (SSSR count). The summed E-state index contributed by atoms with van der Waals surface area (Å²) in [6.45, 7) is 3.47. The first-order valence-electron chi connectivity index (χ1n) is 4.90. The van der Waals surface area contributed by atoms with E-state index in [-0.39, 0.29) is 6.17 Å². The molecule has 98 valence electrons. The molecule has 0 N–H and O–H groups in total. The van der Waals surface area contributed by atoms with Crippen LogP contribution < -0.4 is 0 Å². The van der Waals surface area contributed by atoms with Gasteiger partial charge in [-0.2, -0.15) is 0 Å². The van der Waals surface area contributed by atoms with Crippen molar-refractivity contribution in [1.82, 2.24) is 4.90 Å². The second-order valence-corrected chi connectivity index (χ2v) is 6.00. The maximum atomic E-state index is 11.0. The monoisotopic (exact) mass is 263 g/mol. The summed E-state index contributed by atoms with van der Waals surface area (Å²) in [6.07, 6.45) is 0.0474. The minimum atomic E-state index is -3.67. The maximum Gasteiger partial charge on any atom is 0.720 e. The van der Waals surface area contributed by atoms with E-state index < -0.39 is 26.7 Å². The largest absolute Gasteiger partial charge is 0.720 e. The highest BCUT2D eigenvalue weighted by atomic mass is 28.4. The molecule has 0 aliphatic carbocycles. The Morgan fingerprint density at radius 1 is 0.882 bits per heavy atom. The molecule has 0 aromatic heterocycles. The summed E-state index contributed by atoms with van der Waals surface area (Å²) in [5.74, 6) is -2.00. The Balaban J connectivity index is 5.09. The summed E-state index contributed by atoms with van der Waals surface area (Å²) in [6, 6.07) is 0. The Morgan fingerprint density at radius 2 is 1.18 bits per heavy atom. The zero-order chi connectivity index (χ0) is 13.6. The molecule has 0 spiro atoms. The quantitative estimate of drug-likeness (QED) is 0.631. The van der Waals surface area contributed by atoms with Crippen molar-refractivity contribution in [2.24, 2.45) is 0 Å². The number of rotatable bonds is 5. The predicted molar refractivity (Wildman–Crippen MR) is 59.6 cm³/mol. The summed E-state index contributed by atoms with van der Waals surface area (Å²) in [5.41, 5.74) is 0. The molecular weight excluding hydrogens is 246 g/mol. The van der Waals surface area contributed by atoms with Crippen molar-refractivity contribution in [3.8, 4) is 0 Å². The van der Waals surface area contributed by atoms with E-state index in [0.29, 0.717) is 0 Å². The molecule has 0 unspecified atom stereocenters. The highest BCUT2D eigenvalue weighted by Crippen LogP contribution is 2.12. The molecule has 0 aromatic rings. The first-order valence-corrected chi connectivity index (χ1v) is 6.83. The van der Waals surface area contributed by atoms with Crippen molar-refractivity contribution >= 4 is 26.7 Å². The predicted octanol–water partition coefficient (Wildman–Crippen LogP) is -0.285. The molecule has 0 heterocycles. The second kappa shape index (κ2) is 6.35. The molecule has 0 bridgehead atoms. The molecule has 0 aliphatic heterocycles. The molecule has 0 amide bonds.